The van der Waals surface area contributed by atoms with E-state index in [0.29, 0.717) is 0 Å². The zero-order chi connectivity index (χ0) is 18.2. The second kappa shape index (κ2) is 9.41. The summed E-state index contributed by atoms with van der Waals surface area (Å²) in [6.45, 7) is 2.05. The molecule has 0 bridgehead atoms. The van der Waals surface area contributed by atoms with Gasteiger partial charge in [0.05, 0.1) is 5.69 Å². The van der Waals surface area contributed by atoms with Crippen LogP contribution in [0, 0.1) is 5.82 Å². The highest BCUT2D eigenvalue weighted by Crippen LogP contribution is 2.29. The molecule has 0 aliphatic heterocycles. The van der Waals surface area contributed by atoms with E-state index in [1.807, 2.05) is 55.5 Å². The molecule has 1 nitrogen and oxygen atoms in total. The molecule has 4 heteroatoms. The second-order valence-corrected chi connectivity index (χ2v) is 7.55. The smallest absolute Gasteiger partial charge is 0.123 e. The SMILES string of the molecule is C/C(=C\Sc1ccccc1)C(=Nc1ccccc1)Sc1ccc(F)cc1. The quantitative estimate of drug-likeness (QED) is 0.261. The molecule has 0 radical (unpaired) electrons. The van der Waals surface area contributed by atoms with Crippen LogP contribution in [0.1, 0.15) is 6.92 Å². The molecule has 0 atom stereocenters. The molecule has 3 aromatic carbocycles. The molecular weight excluding hydrogens is 361 g/mol. The lowest BCUT2D eigenvalue weighted by molar-refractivity contribution is 0.626. The molecule has 0 saturated heterocycles. The van der Waals surface area contributed by atoms with Gasteiger partial charge < -0.3 is 0 Å². The van der Waals surface area contributed by atoms with Gasteiger partial charge in [-0.2, -0.15) is 0 Å². The summed E-state index contributed by atoms with van der Waals surface area (Å²) in [6, 6.07) is 26.6. The number of benzene rings is 3. The van der Waals surface area contributed by atoms with Crippen LogP contribution < -0.4 is 0 Å². The van der Waals surface area contributed by atoms with E-state index in [0.717, 1.165) is 21.2 Å². The van der Waals surface area contributed by atoms with Gasteiger partial charge in [-0.25, -0.2) is 9.38 Å². The van der Waals surface area contributed by atoms with E-state index in [9.17, 15) is 4.39 Å². The Bertz CT molecular complexity index is 888. The average Bonchev–Trinajstić information content (AvgIpc) is 2.69. The Kier molecular flexibility index (Phi) is 6.69. The first-order chi connectivity index (χ1) is 12.7. The third kappa shape index (κ3) is 5.61. The third-order valence-corrected chi connectivity index (χ3v) is 5.60. The van der Waals surface area contributed by atoms with Crippen molar-refractivity contribution in [1.82, 2.24) is 0 Å². The summed E-state index contributed by atoms with van der Waals surface area (Å²) >= 11 is 3.20. The van der Waals surface area contributed by atoms with Crippen LogP contribution in [0.3, 0.4) is 0 Å². The maximum Gasteiger partial charge on any atom is 0.123 e. The molecular formula is C22H18FNS2. The molecule has 0 saturated carbocycles. The van der Waals surface area contributed by atoms with Gasteiger partial charge in [0.1, 0.15) is 10.9 Å². The maximum atomic E-state index is 13.2. The first-order valence-electron chi connectivity index (χ1n) is 8.17. The molecule has 0 heterocycles. The molecule has 0 spiro atoms. The Hall–Kier alpha value is -2.30. The number of nitrogens with zero attached hydrogens (tertiary/aromatic N) is 1. The lowest BCUT2D eigenvalue weighted by Gasteiger charge is -2.08. The van der Waals surface area contributed by atoms with Crippen LogP contribution in [0.5, 0.6) is 0 Å². The lowest BCUT2D eigenvalue weighted by Crippen LogP contribution is -1.94. The molecule has 0 amide bonds. The zero-order valence-electron chi connectivity index (χ0n) is 14.3. The van der Waals surface area contributed by atoms with E-state index in [4.69, 9.17) is 4.99 Å². The Balaban J connectivity index is 1.86. The number of para-hydroxylation sites is 1. The van der Waals surface area contributed by atoms with Crippen molar-refractivity contribution in [3.05, 3.63) is 102 Å². The summed E-state index contributed by atoms with van der Waals surface area (Å²) in [5.74, 6) is -0.234. The molecule has 130 valence electrons. The summed E-state index contributed by atoms with van der Waals surface area (Å²) in [7, 11) is 0. The predicted molar refractivity (Wildman–Crippen MR) is 112 cm³/mol. The van der Waals surface area contributed by atoms with Crippen molar-refractivity contribution in [2.24, 2.45) is 4.99 Å². The van der Waals surface area contributed by atoms with Gasteiger partial charge in [0.15, 0.2) is 0 Å². The molecule has 0 fully saturated rings. The fraction of sp³-hybridized carbons (Fsp3) is 0.0455. The summed E-state index contributed by atoms with van der Waals surface area (Å²) in [4.78, 5) is 6.93. The summed E-state index contributed by atoms with van der Waals surface area (Å²) < 4.78 is 13.2. The Morgan fingerprint density at radius 1 is 0.808 bits per heavy atom. The first kappa shape index (κ1) is 18.5. The Morgan fingerprint density at radius 3 is 2.08 bits per heavy atom. The fourth-order valence-corrected chi connectivity index (χ4v) is 3.81. The second-order valence-electron chi connectivity index (χ2n) is 5.54. The molecule has 0 aliphatic carbocycles. The highest BCUT2D eigenvalue weighted by atomic mass is 32.2. The minimum absolute atomic E-state index is 0.234. The number of halogens is 1. The summed E-state index contributed by atoms with van der Waals surface area (Å²) in [5.41, 5.74) is 1.96. The lowest BCUT2D eigenvalue weighted by atomic mass is 10.3. The van der Waals surface area contributed by atoms with Crippen molar-refractivity contribution in [1.29, 1.82) is 0 Å². The molecule has 3 aromatic rings. The maximum absolute atomic E-state index is 13.2. The Morgan fingerprint density at radius 2 is 1.42 bits per heavy atom. The molecule has 0 aliphatic rings. The number of hydrogen-bond acceptors (Lipinski definition) is 3. The first-order valence-corrected chi connectivity index (χ1v) is 9.86. The topological polar surface area (TPSA) is 12.4 Å². The minimum atomic E-state index is -0.234. The summed E-state index contributed by atoms with van der Waals surface area (Å²) in [5, 5.41) is 3.00. The van der Waals surface area contributed by atoms with Crippen molar-refractivity contribution < 1.29 is 4.39 Å². The van der Waals surface area contributed by atoms with Crippen LogP contribution in [0.4, 0.5) is 10.1 Å². The van der Waals surface area contributed by atoms with Crippen LogP contribution in [0.15, 0.2) is 111 Å². The van der Waals surface area contributed by atoms with Crippen molar-refractivity contribution in [3.63, 3.8) is 0 Å². The fourth-order valence-electron chi connectivity index (χ4n) is 2.13. The van der Waals surface area contributed by atoms with E-state index in [1.165, 1.54) is 28.8 Å². The molecule has 0 aromatic heterocycles. The third-order valence-electron chi connectivity index (χ3n) is 3.47. The van der Waals surface area contributed by atoms with Gasteiger partial charge in [-0.3, -0.25) is 0 Å². The van der Waals surface area contributed by atoms with Crippen molar-refractivity contribution in [2.45, 2.75) is 16.7 Å². The zero-order valence-corrected chi connectivity index (χ0v) is 15.9. The van der Waals surface area contributed by atoms with Crippen molar-refractivity contribution in [2.75, 3.05) is 0 Å². The van der Waals surface area contributed by atoms with Crippen LogP contribution in [-0.2, 0) is 0 Å². The van der Waals surface area contributed by atoms with Crippen LogP contribution in [0.2, 0.25) is 0 Å². The van der Waals surface area contributed by atoms with E-state index in [-0.39, 0.29) is 5.82 Å². The highest BCUT2D eigenvalue weighted by molar-refractivity contribution is 8.14. The van der Waals surface area contributed by atoms with Gasteiger partial charge in [-0.05, 0) is 66.4 Å². The number of hydrogen-bond donors (Lipinski definition) is 0. The van der Waals surface area contributed by atoms with Gasteiger partial charge in [0.25, 0.3) is 0 Å². The van der Waals surface area contributed by atoms with Crippen molar-refractivity contribution in [3.8, 4) is 0 Å². The number of rotatable bonds is 5. The van der Waals surface area contributed by atoms with Gasteiger partial charge in [-0.15, -0.1) is 0 Å². The predicted octanol–water partition coefficient (Wildman–Crippen LogP) is 7.34. The highest BCUT2D eigenvalue weighted by Gasteiger charge is 2.07. The number of aliphatic imine (C=N–C) groups is 1. The molecule has 0 N–H and O–H groups in total. The van der Waals surface area contributed by atoms with E-state index < -0.39 is 0 Å². The molecule has 3 rings (SSSR count). The van der Waals surface area contributed by atoms with Crippen LogP contribution in [0.25, 0.3) is 0 Å². The summed E-state index contributed by atoms with van der Waals surface area (Å²) in [6.07, 6.45) is 0. The van der Waals surface area contributed by atoms with Crippen LogP contribution in [-0.4, -0.2) is 5.04 Å². The van der Waals surface area contributed by atoms with Gasteiger partial charge in [-0.1, -0.05) is 59.9 Å². The van der Waals surface area contributed by atoms with E-state index in [1.54, 1.807) is 23.9 Å². The normalized spacial score (nSPS) is 12.2. The van der Waals surface area contributed by atoms with Gasteiger partial charge in [0, 0.05) is 9.79 Å². The molecule has 0 unspecified atom stereocenters. The van der Waals surface area contributed by atoms with Crippen molar-refractivity contribution >= 4 is 34.3 Å². The minimum Gasteiger partial charge on any atom is -0.241 e. The largest absolute Gasteiger partial charge is 0.241 e. The Labute approximate surface area is 162 Å². The average molecular weight is 380 g/mol. The van der Waals surface area contributed by atoms with Gasteiger partial charge >= 0.3 is 0 Å². The van der Waals surface area contributed by atoms with Gasteiger partial charge in [0.2, 0.25) is 0 Å². The monoisotopic (exact) mass is 379 g/mol. The number of thioether (sulfide) groups is 2. The van der Waals surface area contributed by atoms with E-state index >= 15 is 0 Å². The van der Waals surface area contributed by atoms with E-state index in [2.05, 4.69) is 17.5 Å². The van der Waals surface area contributed by atoms with Crippen LogP contribution >= 0.6 is 23.5 Å². The standard InChI is InChI=1S/C22H18FNS2/c1-17(16-25-20-10-6-3-7-11-20)22(24-19-8-4-2-5-9-19)26-21-14-12-18(23)13-15-21/h2-16H,1H3/b17-16+,24-22?. The molecule has 26 heavy (non-hydrogen) atoms.